The zero-order valence-corrected chi connectivity index (χ0v) is 28.6. The number of nitrogens with zero attached hydrogens (tertiary/aromatic N) is 2. The van der Waals surface area contributed by atoms with E-state index in [1.54, 1.807) is 0 Å². The smallest absolute Gasteiger partial charge is 0.454 e. The van der Waals surface area contributed by atoms with Gasteiger partial charge in [-0.25, -0.2) is 9.78 Å². The minimum atomic E-state index is -1.19. The molecule has 3 aromatic rings. The predicted octanol–water partition coefficient (Wildman–Crippen LogP) is 8.13. The molecule has 9 nitrogen and oxygen atoms in total. The Morgan fingerprint density at radius 2 is 1.91 bits per heavy atom. The molecule has 250 valence electrons. The third kappa shape index (κ3) is 5.97. The lowest BCUT2D eigenvalue weighted by Gasteiger charge is -2.50. The Morgan fingerprint density at radius 3 is 2.66 bits per heavy atom. The summed E-state index contributed by atoms with van der Waals surface area (Å²) in [6.45, 7) is 8.20. The lowest BCUT2D eigenvalue weighted by atomic mass is 9.61. The van der Waals surface area contributed by atoms with E-state index in [1.807, 2.05) is 48.7 Å². The third-order valence-electron chi connectivity index (χ3n) is 10.9. The van der Waals surface area contributed by atoms with Gasteiger partial charge in [0.2, 0.25) is 12.7 Å². The average molecular weight is 680 g/mol. The van der Waals surface area contributed by atoms with Crippen molar-refractivity contribution >= 4 is 40.1 Å². The second-order valence-corrected chi connectivity index (χ2v) is 15.6. The molecule has 2 aromatic carbocycles. The van der Waals surface area contributed by atoms with Gasteiger partial charge < -0.3 is 24.6 Å². The monoisotopic (exact) mass is 679 g/mol. The van der Waals surface area contributed by atoms with E-state index in [0.717, 1.165) is 61.1 Å². The molecule has 2 aliphatic heterocycles. The van der Waals surface area contributed by atoms with Gasteiger partial charge in [-0.3, -0.25) is 9.69 Å². The molecule has 11 heteroatoms. The SMILES string of the molecule is CC(C)[C@H]1CC[C@H](C)C[C@@]1(OC(=O)O)[C@@H]1CCN([C@H](c2cnc(NC(=O)C3(c4ccc5c(c4)OCO5)CC3)s2)c2ccccc2Cl)C1. The van der Waals surface area contributed by atoms with Gasteiger partial charge in [0, 0.05) is 34.5 Å². The molecule has 0 unspecified atom stereocenters. The number of rotatable bonds is 9. The molecule has 5 atom stereocenters. The van der Waals surface area contributed by atoms with E-state index in [2.05, 4.69) is 36.0 Å². The van der Waals surface area contributed by atoms with E-state index in [0.29, 0.717) is 40.0 Å². The van der Waals surface area contributed by atoms with Crippen molar-refractivity contribution < 1.29 is 28.9 Å². The highest BCUT2D eigenvalue weighted by atomic mass is 35.5. The van der Waals surface area contributed by atoms with E-state index in [9.17, 15) is 14.7 Å². The number of ether oxygens (including phenoxy) is 3. The van der Waals surface area contributed by atoms with Gasteiger partial charge in [0.25, 0.3) is 0 Å². The van der Waals surface area contributed by atoms with Gasteiger partial charge in [0.15, 0.2) is 16.6 Å². The van der Waals surface area contributed by atoms with Crippen LogP contribution in [0.2, 0.25) is 5.02 Å². The normalized spacial score (nSPS) is 27.0. The average Bonchev–Trinajstić information content (AvgIpc) is 3.35. The highest BCUT2D eigenvalue weighted by Crippen LogP contribution is 2.53. The van der Waals surface area contributed by atoms with Gasteiger partial charge in [0.05, 0.1) is 11.5 Å². The van der Waals surface area contributed by atoms with Gasteiger partial charge in [-0.2, -0.15) is 0 Å². The number of anilines is 1. The Labute approximate surface area is 284 Å². The summed E-state index contributed by atoms with van der Waals surface area (Å²) in [5.41, 5.74) is 0.528. The molecule has 4 aliphatic rings. The molecule has 1 amide bonds. The number of benzene rings is 2. The second kappa shape index (κ2) is 12.6. The van der Waals surface area contributed by atoms with Gasteiger partial charge in [-0.05, 0) is 79.8 Å². The maximum atomic E-state index is 13.7. The van der Waals surface area contributed by atoms with Crippen LogP contribution in [0.3, 0.4) is 0 Å². The van der Waals surface area contributed by atoms with Gasteiger partial charge in [-0.1, -0.05) is 74.4 Å². The van der Waals surface area contributed by atoms with Crippen LogP contribution in [0, 0.1) is 23.7 Å². The number of aromatic nitrogens is 1. The first-order chi connectivity index (χ1) is 22.6. The first kappa shape index (κ1) is 32.2. The highest BCUT2D eigenvalue weighted by Gasteiger charge is 2.55. The van der Waals surface area contributed by atoms with Gasteiger partial charge in [-0.15, -0.1) is 0 Å². The van der Waals surface area contributed by atoms with Crippen LogP contribution in [0.5, 0.6) is 11.5 Å². The molecule has 3 heterocycles. The summed E-state index contributed by atoms with van der Waals surface area (Å²) in [5.74, 6) is 2.18. The van der Waals surface area contributed by atoms with Crippen LogP contribution in [0.15, 0.2) is 48.7 Å². The zero-order chi connectivity index (χ0) is 32.9. The van der Waals surface area contributed by atoms with E-state index in [-0.39, 0.29) is 30.6 Å². The fourth-order valence-corrected chi connectivity index (χ4v) is 9.74. The summed E-state index contributed by atoms with van der Waals surface area (Å²) in [6.07, 6.45) is 5.76. The van der Waals surface area contributed by atoms with Crippen LogP contribution in [-0.2, 0) is 14.9 Å². The Bertz CT molecular complexity index is 1660. The quantitative estimate of drug-likeness (QED) is 0.218. The van der Waals surface area contributed by atoms with Gasteiger partial charge in [0.1, 0.15) is 5.60 Å². The molecule has 3 fully saturated rings. The van der Waals surface area contributed by atoms with Crippen molar-refractivity contribution in [3.8, 4) is 11.5 Å². The molecular formula is C36H42ClN3O6S. The summed E-state index contributed by atoms with van der Waals surface area (Å²) < 4.78 is 17.0. The number of nitrogens with one attached hydrogen (secondary N) is 1. The van der Waals surface area contributed by atoms with Crippen molar-refractivity contribution in [3.63, 3.8) is 0 Å². The maximum absolute atomic E-state index is 13.7. The summed E-state index contributed by atoms with van der Waals surface area (Å²) in [7, 11) is 0. The number of fused-ring (bicyclic) bond motifs is 1. The fraction of sp³-hybridized carbons (Fsp3) is 0.528. The number of amides is 1. The number of thiazole rings is 1. The van der Waals surface area contributed by atoms with Gasteiger partial charge >= 0.3 is 6.16 Å². The highest BCUT2D eigenvalue weighted by molar-refractivity contribution is 7.15. The number of carbonyl (C=O) groups excluding carboxylic acids is 1. The Hall–Kier alpha value is -3.34. The van der Waals surface area contributed by atoms with Crippen LogP contribution in [0.25, 0.3) is 0 Å². The fourth-order valence-electron chi connectivity index (χ4n) is 8.54. The minimum Gasteiger partial charge on any atom is -0.454 e. The maximum Gasteiger partial charge on any atom is 0.506 e. The first-order valence-electron chi connectivity index (χ1n) is 16.7. The van der Waals surface area contributed by atoms with E-state index in [1.165, 1.54) is 11.3 Å². The largest absolute Gasteiger partial charge is 0.506 e. The summed E-state index contributed by atoms with van der Waals surface area (Å²) in [4.78, 5) is 33.9. The molecule has 1 saturated heterocycles. The van der Waals surface area contributed by atoms with Crippen molar-refractivity contribution in [1.82, 2.24) is 9.88 Å². The molecule has 2 N–H and O–H groups in total. The topological polar surface area (TPSA) is 110 Å². The minimum absolute atomic E-state index is 0.0438. The molecule has 0 radical (unpaired) electrons. The lowest BCUT2D eigenvalue weighted by Crippen LogP contribution is -2.54. The van der Waals surface area contributed by atoms with E-state index in [4.69, 9.17) is 25.8 Å². The number of likely N-dealkylation sites (tertiary alicyclic amines) is 1. The van der Waals surface area contributed by atoms with Crippen molar-refractivity contribution in [1.29, 1.82) is 0 Å². The first-order valence-corrected chi connectivity index (χ1v) is 17.9. The summed E-state index contributed by atoms with van der Waals surface area (Å²) in [5, 5.41) is 14.3. The standard InChI is InChI=1S/C36H42ClN3O6S/c1-21(2)26-10-8-22(3)17-36(26,46-34(42)43)24-12-15-40(19-24)31(25-6-4-5-7-27(25)37)30-18-38-33(47-30)39-32(41)35(13-14-35)23-9-11-28-29(16-23)45-20-44-28/h4-7,9,11,16,18,21-22,24,26,31H,8,10,12-15,17,19-20H2,1-3H3,(H,42,43)(H,38,39,41)/t22-,24+,26+,31-,36+/m0/s1. The Morgan fingerprint density at radius 1 is 1.13 bits per heavy atom. The van der Waals surface area contributed by atoms with Crippen molar-refractivity contribution in [2.24, 2.45) is 23.7 Å². The number of hydrogen-bond acceptors (Lipinski definition) is 8. The van der Waals surface area contributed by atoms with Crippen LogP contribution >= 0.6 is 22.9 Å². The second-order valence-electron chi connectivity index (χ2n) is 14.1. The number of carbonyl (C=O) groups is 2. The number of halogens is 1. The predicted molar refractivity (Wildman–Crippen MR) is 180 cm³/mol. The summed E-state index contributed by atoms with van der Waals surface area (Å²) in [6, 6.07) is 13.4. The number of hydrogen-bond donors (Lipinski definition) is 2. The third-order valence-corrected chi connectivity index (χ3v) is 12.3. The van der Waals surface area contributed by atoms with E-state index < -0.39 is 17.2 Å². The molecule has 7 rings (SSSR count). The molecule has 0 spiro atoms. The Balaban J connectivity index is 1.16. The van der Waals surface area contributed by atoms with Crippen molar-refractivity contribution in [2.45, 2.75) is 76.4 Å². The van der Waals surface area contributed by atoms with Crippen LogP contribution in [-0.4, -0.2) is 52.5 Å². The molecule has 2 saturated carbocycles. The molecule has 47 heavy (non-hydrogen) atoms. The van der Waals surface area contributed by atoms with Crippen LogP contribution in [0.4, 0.5) is 9.93 Å². The van der Waals surface area contributed by atoms with Crippen molar-refractivity contribution in [2.75, 3.05) is 25.2 Å². The van der Waals surface area contributed by atoms with Crippen LogP contribution < -0.4 is 14.8 Å². The summed E-state index contributed by atoms with van der Waals surface area (Å²) >= 11 is 8.30. The van der Waals surface area contributed by atoms with Crippen molar-refractivity contribution in [3.05, 3.63) is 69.7 Å². The molecule has 1 aromatic heterocycles. The van der Waals surface area contributed by atoms with E-state index >= 15 is 0 Å². The van der Waals surface area contributed by atoms with Crippen LogP contribution in [0.1, 0.15) is 81.3 Å². The lowest BCUT2D eigenvalue weighted by molar-refractivity contribution is -0.135. The molecule has 2 aliphatic carbocycles. The molecular weight excluding hydrogens is 638 g/mol. The Kier molecular flexibility index (Phi) is 8.64. The molecule has 0 bridgehead atoms. The number of carboxylic acid groups (broad SMARTS) is 1. The zero-order valence-electron chi connectivity index (χ0n) is 27.0.